The molecule has 1 N–H and O–H groups in total. The van der Waals surface area contributed by atoms with E-state index in [-0.39, 0.29) is 22.3 Å². The Morgan fingerprint density at radius 3 is 2.79 bits per heavy atom. The molecule has 0 aliphatic carbocycles. The van der Waals surface area contributed by atoms with Gasteiger partial charge in [-0.1, -0.05) is 25.5 Å². The number of carbonyl (C=O) groups is 1. The first-order valence-corrected chi connectivity index (χ1v) is 9.86. The van der Waals surface area contributed by atoms with Gasteiger partial charge >= 0.3 is 0 Å². The summed E-state index contributed by atoms with van der Waals surface area (Å²) in [5.74, 6) is -0.0801. The standard InChI is InChI=1S/C17H26N2O4S/c1-3-4-10-19(2)17(20)15-7-5-6-8-16(15)24(21,22)18-12-14-9-11-23-13-14/h5-8,14,18H,3-4,9-13H2,1-2H3. The first-order chi connectivity index (χ1) is 11.5. The van der Waals surface area contributed by atoms with Crippen LogP contribution in [0.1, 0.15) is 36.5 Å². The van der Waals surface area contributed by atoms with E-state index >= 15 is 0 Å². The van der Waals surface area contributed by atoms with E-state index in [9.17, 15) is 13.2 Å². The Bertz CT molecular complexity index is 654. The minimum absolute atomic E-state index is 0.0391. The molecule has 1 aliphatic heterocycles. The molecule has 0 aromatic heterocycles. The van der Waals surface area contributed by atoms with Gasteiger partial charge < -0.3 is 9.64 Å². The van der Waals surface area contributed by atoms with Gasteiger partial charge in [-0.05, 0) is 30.9 Å². The Morgan fingerprint density at radius 2 is 2.12 bits per heavy atom. The molecule has 0 radical (unpaired) electrons. The fraction of sp³-hybridized carbons (Fsp3) is 0.588. The monoisotopic (exact) mass is 354 g/mol. The molecule has 2 rings (SSSR count). The van der Waals surface area contributed by atoms with Crippen LogP contribution in [0.3, 0.4) is 0 Å². The van der Waals surface area contributed by atoms with E-state index in [1.807, 2.05) is 6.92 Å². The quantitative estimate of drug-likeness (QED) is 0.773. The molecule has 1 fully saturated rings. The van der Waals surface area contributed by atoms with E-state index in [0.717, 1.165) is 19.3 Å². The molecule has 1 atom stereocenters. The number of hydrogen-bond acceptors (Lipinski definition) is 4. The third-order valence-corrected chi connectivity index (χ3v) is 5.67. The predicted octanol–water partition coefficient (Wildman–Crippen LogP) is 1.87. The van der Waals surface area contributed by atoms with Crippen LogP contribution in [0.4, 0.5) is 0 Å². The third-order valence-electron chi connectivity index (χ3n) is 4.19. The number of amides is 1. The summed E-state index contributed by atoms with van der Waals surface area (Å²) in [4.78, 5) is 14.2. The molecule has 7 heteroatoms. The van der Waals surface area contributed by atoms with E-state index in [0.29, 0.717) is 26.3 Å². The van der Waals surface area contributed by atoms with Crippen LogP contribution < -0.4 is 4.72 Å². The van der Waals surface area contributed by atoms with E-state index < -0.39 is 10.0 Å². The number of carbonyl (C=O) groups excluding carboxylic acids is 1. The molecule has 6 nitrogen and oxygen atoms in total. The average molecular weight is 354 g/mol. The van der Waals surface area contributed by atoms with Crippen molar-refractivity contribution in [2.75, 3.05) is 33.4 Å². The van der Waals surface area contributed by atoms with Gasteiger partial charge in [-0.2, -0.15) is 0 Å². The zero-order valence-corrected chi connectivity index (χ0v) is 15.1. The molecule has 24 heavy (non-hydrogen) atoms. The Labute approximate surface area is 144 Å². The summed E-state index contributed by atoms with van der Waals surface area (Å²) < 4.78 is 33.1. The van der Waals surface area contributed by atoms with Gasteiger partial charge in [0.1, 0.15) is 0 Å². The lowest BCUT2D eigenvalue weighted by molar-refractivity contribution is 0.0789. The Morgan fingerprint density at radius 1 is 1.38 bits per heavy atom. The predicted molar refractivity (Wildman–Crippen MR) is 92.4 cm³/mol. The fourth-order valence-electron chi connectivity index (χ4n) is 2.63. The van der Waals surface area contributed by atoms with Gasteiger partial charge in [0.2, 0.25) is 10.0 Å². The Kier molecular flexibility index (Phi) is 6.77. The summed E-state index contributed by atoms with van der Waals surface area (Å²) in [6.07, 6.45) is 2.71. The highest BCUT2D eigenvalue weighted by Gasteiger charge is 2.25. The van der Waals surface area contributed by atoms with Gasteiger partial charge in [0, 0.05) is 26.7 Å². The number of nitrogens with one attached hydrogen (secondary N) is 1. The van der Waals surface area contributed by atoms with Crippen LogP contribution in [0.25, 0.3) is 0 Å². The second kappa shape index (κ2) is 8.60. The summed E-state index contributed by atoms with van der Waals surface area (Å²) in [6.45, 7) is 4.23. The number of rotatable bonds is 8. The number of nitrogens with zero attached hydrogens (tertiary/aromatic N) is 1. The third kappa shape index (κ3) is 4.78. The SMILES string of the molecule is CCCCN(C)C(=O)c1ccccc1S(=O)(=O)NCC1CCOC1. The number of unbranched alkanes of at least 4 members (excludes halogenated alkanes) is 1. The van der Waals surface area contributed by atoms with Crippen molar-refractivity contribution in [3.05, 3.63) is 29.8 Å². The summed E-state index contributed by atoms with van der Waals surface area (Å²) >= 11 is 0. The lowest BCUT2D eigenvalue weighted by Crippen LogP contribution is -2.33. The highest BCUT2D eigenvalue weighted by molar-refractivity contribution is 7.89. The number of hydrogen-bond donors (Lipinski definition) is 1. The van der Waals surface area contributed by atoms with Crippen molar-refractivity contribution < 1.29 is 17.9 Å². The second-order valence-electron chi connectivity index (χ2n) is 6.16. The minimum Gasteiger partial charge on any atom is -0.381 e. The maximum Gasteiger partial charge on any atom is 0.254 e. The van der Waals surface area contributed by atoms with Crippen molar-refractivity contribution in [1.82, 2.24) is 9.62 Å². The molecule has 0 saturated carbocycles. The fourth-order valence-corrected chi connectivity index (χ4v) is 3.94. The summed E-state index contributed by atoms with van der Waals surface area (Å²) in [5.41, 5.74) is 0.214. The largest absolute Gasteiger partial charge is 0.381 e. The van der Waals surface area contributed by atoms with Crippen LogP contribution in [-0.4, -0.2) is 52.6 Å². The molecule has 0 bridgehead atoms. The molecule has 1 aromatic rings. The van der Waals surface area contributed by atoms with Crippen molar-refractivity contribution in [2.45, 2.75) is 31.1 Å². The number of benzene rings is 1. The van der Waals surface area contributed by atoms with E-state index in [1.165, 1.54) is 6.07 Å². The van der Waals surface area contributed by atoms with Crippen molar-refractivity contribution in [2.24, 2.45) is 5.92 Å². The zero-order valence-electron chi connectivity index (χ0n) is 14.3. The maximum atomic E-state index is 12.6. The highest BCUT2D eigenvalue weighted by atomic mass is 32.2. The van der Waals surface area contributed by atoms with Crippen LogP contribution in [0.5, 0.6) is 0 Å². The van der Waals surface area contributed by atoms with Crippen molar-refractivity contribution in [3.63, 3.8) is 0 Å². The van der Waals surface area contributed by atoms with Crippen molar-refractivity contribution in [1.29, 1.82) is 0 Å². The molecule has 0 spiro atoms. The Hall–Kier alpha value is -1.44. The first kappa shape index (κ1) is 18.9. The van der Waals surface area contributed by atoms with Crippen molar-refractivity contribution >= 4 is 15.9 Å². The Balaban J connectivity index is 2.15. The molecule has 1 aliphatic rings. The van der Waals surface area contributed by atoms with E-state index in [2.05, 4.69) is 4.72 Å². The highest BCUT2D eigenvalue weighted by Crippen LogP contribution is 2.18. The van der Waals surface area contributed by atoms with Gasteiger partial charge in [0.05, 0.1) is 17.1 Å². The molecule has 1 heterocycles. The van der Waals surface area contributed by atoms with Gasteiger partial charge in [-0.3, -0.25) is 4.79 Å². The summed E-state index contributed by atoms with van der Waals surface area (Å²) in [5, 5.41) is 0. The molecular formula is C17H26N2O4S. The van der Waals surface area contributed by atoms with Crippen LogP contribution >= 0.6 is 0 Å². The van der Waals surface area contributed by atoms with Crippen LogP contribution in [0, 0.1) is 5.92 Å². The van der Waals surface area contributed by atoms with Crippen LogP contribution in [-0.2, 0) is 14.8 Å². The molecule has 1 amide bonds. The van der Waals surface area contributed by atoms with Gasteiger partial charge in [0.25, 0.3) is 5.91 Å². The second-order valence-corrected chi connectivity index (χ2v) is 7.89. The van der Waals surface area contributed by atoms with Gasteiger partial charge in [0.15, 0.2) is 0 Å². The van der Waals surface area contributed by atoms with Crippen LogP contribution in [0.15, 0.2) is 29.2 Å². The van der Waals surface area contributed by atoms with Gasteiger partial charge in [-0.15, -0.1) is 0 Å². The number of sulfonamides is 1. The lowest BCUT2D eigenvalue weighted by atomic mass is 10.1. The molecular weight excluding hydrogens is 328 g/mol. The smallest absolute Gasteiger partial charge is 0.254 e. The van der Waals surface area contributed by atoms with Gasteiger partial charge in [-0.25, -0.2) is 13.1 Å². The summed E-state index contributed by atoms with van der Waals surface area (Å²) in [7, 11) is -2.03. The normalized spacial score (nSPS) is 17.8. The molecule has 1 aromatic carbocycles. The molecule has 134 valence electrons. The lowest BCUT2D eigenvalue weighted by Gasteiger charge is -2.19. The first-order valence-electron chi connectivity index (χ1n) is 8.37. The zero-order chi connectivity index (χ0) is 17.6. The van der Waals surface area contributed by atoms with E-state index in [1.54, 1.807) is 30.1 Å². The van der Waals surface area contributed by atoms with Crippen molar-refractivity contribution in [3.8, 4) is 0 Å². The van der Waals surface area contributed by atoms with Crippen LogP contribution in [0.2, 0.25) is 0 Å². The van der Waals surface area contributed by atoms with E-state index in [4.69, 9.17) is 4.74 Å². The minimum atomic E-state index is -3.73. The molecule has 1 saturated heterocycles. The summed E-state index contributed by atoms with van der Waals surface area (Å²) in [6, 6.07) is 6.37. The maximum absolute atomic E-state index is 12.6. The number of ether oxygens (including phenoxy) is 1. The molecule has 1 unspecified atom stereocenters. The average Bonchev–Trinajstić information content (AvgIpc) is 3.11. The topological polar surface area (TPSA) is 75.7 Å².